The standard InChI is InChI=1S/C17H15F4N3/c1-11-6-16(23-8-13(11)9-24-5-4-22-10-24)12-2-3-15(18)14(7-12)17(19,20)21/h2-8,22H,9-10H2,1H3. The van der Waals surface area contributed by atoms with Gasteiger partial charge in [-0.05, 0) is 42.3 Å². The summed E-state index contributed by atoms with van der Waals surface area (Å²) in [5.41, 5.74) is 1.23. The predicted molar refractivity (Wildman–Crippen MR) is 82.1 cm³/mol. The van der Waals surface area contributed by atoms with E-state index in [0.717, 1.165) is 23.3 Å². The van der Waals surface area contributed by atoms with Crippen molar-refractivity contribution < 1.29 is 17.6 Å². The fraction of sp³-hybridized carbons (Fsp3) is 0.235. The van der Waals surface area contributed by atoms with Crippen LogP contribution >= 0.6 is 0 Å². The molecule has 3 nitrogen and oxygen atoms in total. The van der Waals surface area contributed by atoms with Crippen molar-refractivity contribution in [2.24, 2.45) is 0 Å². The van der Waals surface area contributed by atoms with E-state index in [9.17, 15) is 17.6 Å². The molecule has 126 valence electrons. The van der Waals surface area contributed by atoms with Gasteiger partial charge in [-0.2, -0.15) is 13.2 Å². The molecule has 1 N–H and O–H groups in total. The number of rotatable bonds is 3. The van der Waals surface area contributed by atoms with Gasteiger partial charge in [-0.1, -0.05) is 0 Å². The normalized spacial score (nSPS) is 14.1. The molecule has 24 heavy (non-hydrogen) atoms. The summed E-state index contributed by atoms with van der Waals surface area (Å²) in [6, 6.07) is 4.64. The molecule has 0 saturated heterocycles. The zero-order chi connectivity index (χ0) is 17.3. The first kappa shape index (κ1) is 16.3. The molecule has 0 fully saturated rings. The number of hydrogen-bond donors (Lipinski definition) is 1. The zero-order valence-electron chi connectivity index (χ0n) is 12.9. The molecule has 2 aromatic rings. The molecule has 1 aliphatic rings. The summed E-state index contributed by atoms with van der Waals surface area (Å²) in [6.07, 6.45) is 0.675. The van der Waals surface area contributed by atoms with Gasteiger partial charge >= 0.3 is 6.18 Å². The summed E-state index contributed by atoms with van der Waals surface area (Å²) in [6.45, 7) is 3.23. The highest BCUT2D eigenvalue weighted by atomic mass is 19.4. The second-order valence-corrected chi connectivity index (χ2v) is 5.61. The van der Waals surface area contributed by atoms with Gasteiger partial charge < -0.3 is 10.2 Å². The minimum absolute atomic E-state index is 0.237. The Morgan fingerprint density at radius 1 is 1.25 bits per heavy atom. The molecule has 0 atom stereocenters. The lowest BCUT2D eigenvalue weighted by Gasteiger charge is -2.17. The van der Waals surface area contributed by atoms with Crippen LogP contribution in [0.2, 0.25) is 0 Å². The Kier molecular flexibility index (Phi) is 4.17. The molecule has 7 heteroatoms. The third-order valence-electron chi connectivity index (χ3n) is 3.86. The summed E-state index contributed by atoms with van der Waals surface area (Å²) in [7, 11) is 0. The van der Waals surface area contributed by atoms with E-state index in [1.54, 1.807) is 12.3 Å². The van der Waals surface area contributed by atoms with Crippen molar-refractivity contribution >= 4 is 0 Å². The lowest BCUT2D eigenvalue weighted by molar-refractivity contribution is -0.139. The van der Waals surface area contributed by atoms with E-state index in [-0.39, 0.29) is 5.56 Å². The third kappa shape index (κ3) is 3.34. The van der Waals surface area contributed by atoms with E-state index >= 15 is 0 Å². The van der Waals surface area contributed by atoms with Gasteiger partial charge in [0, 0.05) is 30.7 Å². The highest BCUT2D eigenvalue weighted by Gasteiger charge is 2.34. The molecular formula is C17H15F4N3. The van der Waals surface area contributed by atoms with Gasteiger partial charge in [0.2, 0.25) is 0 Å². The van der Waals surface area contributed by atoms with Gasteiger partial charge in [0.25, 0.3) is 0 Å². The number of hydrogen-bond acceptors (Lipinski definition) is 3. The maximum Gasteiger partial charge on any atom is 0.419 e. The van der Waals surface area contributed by atoms with Crippen molar-refractivity contribution in [3.63, 3.8) is 0 Å². The van der Waals surface area contributed by atoms with Crippen LogP contribution in [0, 0.1) is 12.7 Å². The van der Waals surface area contributed by atoms with Crippen LogP contribution in [0.5, 0.6) is 0 Å². The Balaban J connectivity index is 1.90. The Bertz CT molecular complexity index is 784. The van der Waals surface area contributed by atoms with E-state index in [1.165, 1.54) is 6.07 Å². The van der Waals surface area contributed by atoms with Gasteiger partial charge in [-0.25, -0.2) is 4.39 Å². The average molecular weight is 337 g/mol. The molecule has 0 radical (unpaired) electrons. The maximum atomic E-state index is 13.4. The smallest absolute Gasteiger partial charge is 0.373 e. The Morgan fingerprint density at radius 2 is 2.04 bits per heavy atom. The van der Waals surface area contributed by atoms with E-state index in [0.29, 0.717) is 18.9 Å². The summed E-state index contributed by atoms with van der Waals surface area (Å²) >= 11 is 0. The van der Waals surface area contributed by atoms with Crippen molar-refractivity contribution in [3.05, 3.63) is 65.4 Å². The summed E-state index contributed by atoms with van der Waals surface area (Å²) in [5, 5.41) is 3.06. The topological polar surface area (TPSA) is 28.2 Å². The molecule has 1 aromatic heterocycles. The lowest BCUT2D eigenvalue weighted by Crippen LogP contribution is -2.20. The minimum atomic E-state index is -4.73. The number of pyridine rings is 1. The second-order valence-electron chi connectivity index (χ2n) is 5.61. The maximum absolute atomic E-state index is 13.4. The molecule has 1 aromatic carbocycles. The summed E-state index contributed by atoms with van der Waals surface area (Å²) < 4.78 is 51.9. The monoisotopic (exact) mass is 337 g/mol. The van der Waals surface area contributed by atoms with E-state index in [1.807, 2.05) is 24.2 Å². The molecule has 0 saturated carbocycles. The molecule has 0 amide bonds. The van der Waals surface area contributed by atoms with E-state index in [4.69, 9.17) is 0 Å². The zero-order valence-corrected chi connectivity index (χ0v) is 12.9. The first-order chi connectivity index (χ1) is 11.3. The molecular weight excluding hydrogens is 322 g/mol. The van der Waals surface area contributed by atoms with Crippen LogP contribution in [0.15, 0.2) is 42.9 Å². The van der Waals surface area contributed by atoms with Crippen molar-refractivity contribution in [1.82, 2.24) is 15.2 Å². The number of benzene rings is 1. The van der Waals surface area contributed by atoms with Crippen LogP contribution in [0.3, 0.4) is 0 Å². The van der Waals surface area contributed by atoms with Crippen LogP contribution in [-0.4, -0.2) is 16.6 Å². The first-order valence-corrected chi connectivity index (χ1v) is 7.31. The van der Waals surface area contributed by atoms with Crippen molar-refractivity contribution in [1.29, 1.82) is 0 Å². The van der Waals surface area contributed by atoms with E-state index in [2.05, 4.69) is 10.3 Å². The van der Waals surface area contributed by atoms with Crippen LogP contribution in [0.4, 0.5) is 17.6 Å². The van der Waals surface area contributed by atoms with Gasteiger partial charge in [-0.15, -0.1) is 0 Å². The highest BCUT2D eigenvalue weighted by molar-refractivity contribution is 5.61. The van der Waals surface area contributed by atoms with Crippen LogP contribution in [0.25, 0.3) is 11.3 Å². The molecule has 1 aliphatic heterocycles. The molecule has 3 rings (SSSR count). The largest absolute Gasteiger partial charge is 0.419 e. The number of alkyl halides is 3. The lowest BCUT2D eigenvalue weighted by atomic mass is 10.0. The fourth-order valence-electron chi connectivity index (χ4n) is 2.52. The summed E-state index contributed by atoms with van der Waals surface area (Å²) in [4.78, 5) is 6.29. The van der Waals surface area contributed by atoms with Crippen LogP contribution < -0.4 is 5.32 Å². The fourth-order valence-corrected chi connectivity index (χ4v) is 2.52. The molecule has 0 spiro atoms. The Morgan fingerprint density at radius 3 is 2.67 bits per heavy atom. The van der Waals surface area contributed by atoms with Crippen LogP contribution in [0.1, 0.15) is 16.7 Å². The molecule has 2 heterocycles. The van der Waals surface area contributed by atoms with Gasteiger partial charge in [-0.3, -0.25) is 4.98 Å². The number of halogens is 4. The van der Waals surface area contributed by atoms with Gasteiger partial charge in [0.1, 0.15) is 5.82 Å². The number of aryl methyl sites for hydroxylation is 1. The highest BCUT2D eigenvalue weighted by Crippen LogP contribution is 2.34. The third-order valence-corrected chi connectivity index (χ3v) is 3.86. The Hall–Kier alpha value is -2.57. The van der Waals surface area contributed by atoms with Crippen molar-refractivity contribution in [2.45, 2.75) is 19.6 Å². The Labute approximate surface area is 136 Å². The summed E-state index contributed by atoms with van der Waals surface area (Å²) in [5.74, 6) is -1.28. The molecule has 0 aliphatic carbocycles. The van der Waals surface area contributed by atoms with Crippen molar-refractivity contribution in [2.75, 3.05) is 6.67 Å². The SMILES string of the molecule is Cc1cc(-c2ccc(F)c(C(F)(F)F)c2)ncc1CN1C=CNC1. The minimum Gasteiger partial charge on any atom is -0.373 e. The average Bonchev–Trinajstić information content (AvgIpc) is 3.02. The number of nitrogens with zero attached hydrogens (tertiary/aromatic N) is 2. The predicted octanol–water partition coefficient (Wildman–Crippen LogP) is 4.05. The van der Waals surface area contributed by atoms with Crippen molar-refractivity contribution in [3.8, 4) is 11.3 Å². The van der Waals surface area contributed by atoms with Gasteiger partial charge in [0.05, 0.1) is 17.9 Å². The molecule has 0 unspecified atom stereocenters. The van der Waals surface area contributed by atoms with Gasteiger partial charge in [0.15, 0.2) is 0 Å². The quantitative estimate of drug-likeness (QED) is 0.857. The van der Waals surface area contributed by atoms with Crippen LogP contribution in [-0.2, 0) is 12.7 Å². The van der Waals surface area contributed by atoms with E-state index < -0.39 is 17.6 Å². The number of aromatic nitrogens is 1. The first-order valence-electron chi connectivity index (χ1n) is 7.31. The second kappa shape index (κ2) is 6.14. The molecule has 0 bridgehead atoms. The number of nitrogens with one attached hydrogen (secondary N) is 1.